The van der Waals surface area contributed by atoms with Crippen LogP contribution in [0.2, 0.25) is 0 Å². The van der Waals surface area contributed by atoms with Crippen LogP contribution in [0.25, 0.3) is 0 Å². The minimum Gasteiger partial charge on any atom is -0.493 e. The van der Waals surface area contributed by atoms with E-state index in [4.69, 9.17) is 14.2 Å². The standard InChI is InChI=1S/C25H24N2O5S/c1-30-20-12-11-17(15-21(20)31-2)26-24(28)16-32-25(29)13-14-27-18-7-3-5-9-22(18)33-23-10-6-4-8-19(23)27/h3-12,15H,13-14,16H2,1-2H3,(H,26,28). The highest BCUT2D eigenvalue weighted by Gasteiger charge is 2.23. The molecule has 3 aromatic carbocycles. The van der Waals surface area contributed by atoms with E-state index in [2.05, 4.69) is 22.3 Å². The molecule has 0 bridgehead atoms. The molecule has 8 heteroatoms. The Labute approximate surface area is 196 Å². The summed E-state index contributed by atoms with van der Waals surface area (Å²) in [6.07, 6.45) is 0.150. The molecule has 0 fully saturated rings. The Morgan fingerprint density at radius 3 is 2.15 bits per heavy atom. The quantitative estimate of drug-likeness (QED) is 0.476. The van der Waals surface area contributed by atoms with Crippen molar-refractivity contribution in [1.29, 1.82) is 0 Å². The highest BCUT2D eigenvalue weighted by Crippen LogP contribution is 2.47. The summed E-state index contributed by atoms with van der Waals surface area (Å²) in [7, 11) is 3.05. The van der Waals surface area contributed by atoms with Crippen LogP contribution in [0.3, 0.4) is 0 Å². The molecule has 0 aliphatic carbocycles. The van der Waals surface area contributed by atoms with Crippen molar-refractivity contribution in [2.45, 2.75) is 16.2 Å². The molecule has 0 unspecified atom stereocenters. The predicted molar refractivity (Wildman–Crippen MR) is 128 cm³/mol. The van der Waals surface area contributed by atoms with Crippen molar-refractivity contribution in [3.05, 3.63) is 66.7 Å². The normalized spacial score (nSPS) is 11.8. The van der Waals surface area contributed by atoms with Gasteiger partial charge in [0.25, 0.3) is 5.91 Å². The number of carbonyl (C=O) groups excluding carboxylic acids is 2. The van der Waals surface area contributed by atoms with Gasteiger partial charge >= 0.3 is 5.97 Å². The van der Waals surface area contributed by atoms with E-state index in [1.807, 2.05) is 36.4 Å². The Hall–Kier alpha value is -3.65. The third-order valence-corrected chi connectivity index (χ3v) is 6.23. The second-order valence-electron chi connectivity index (χ2n) is 7.22. The summed E-state index contributed by atoms with van der Waals surface area (Å²) in [6, 6.07) is 21.2. The van der Waals surface area contributed by atoms with Gasteiger partial charge in [-0.25, -0.2) is 0 Å². The first-order valence-electron chi connectivity index (χ1n) is 10.4. The molecule has 0 atom stereocenters. The zero-order chi connectivity index (χ0) is 23.2. The number of hydrogen-bond donors (Lipinski definition) is 1. The minimum absolute atomic E-state index is 0.150. The van der Waals surface area contributed by atoms with Gasteiger partial charge in [0.1, 0.15) is 0 Å². The zero-order valence-corrected chi connectivity index (χ0v) is 19.2. The lowest BCUT2D eigenvalue weighted by Crippen LogP contribution is -2.26. The molecule has 0 saturated heterocycles. The van der Waals surface area contributed by atoms with E-state index in [9.17, 15) is 9.59 Å². The molecular weight excluding hydrogens is 440 g/mol. The second-order valence-corrected chi connectivity index (χ2v) is 8.30. The highest BCUT2D eigenvalue weighted by molar-refractivity contribution is 7.99. The number of esters is 1. The van der Waals surface area contributed by atoms with Crippen molar-refractivity contribution in [2.24, 2.45) is 0 Å². The van der Waals surface area contributed by atoms with Gasteiger partial charge < -0.3 is 24.4 Å². The number of para-hydroxylation sites is 2. The molecular formula is C25H24N2O5S. The fraction of sp³-hybridized carbons (Fsp3) is 0.200. The number of anilines is 3. The Morgan fingerprint density at radius 2 is 1.52 bits per heavy atom. The molecule has 4 rings (SSSR count). The van der Waals surface area contributed by atoms with Crippen LogP contribution in [-0.4, -0.2) is 39.2 Å². The maximum Gasteiger partial charge on any atom is 0.308 e. The fourth-order valence-corrected chi connectivity index (χ4v) is 4.65. The maximum absolute atomic E-state index is 12.4. The average Bonchev–Trinajstić information content (AvgIpc) is 2.85. The van der Waals surface area contributed by atoms with Gasteiger partial charge in [0.15, 0.2) is 18.1 Å². The van der Waals surface area contributed by atoms with Crippen LogP contribution in [0.5, 0.6) is 11.5 Å². The number of nitrogens with one attached hydrogen (secondary N) is 1. The fourth-order valence-electron chi connectivity index (χ4n) is 3.55. The van der Waals surface area contributed by atoms with Crippen LogP contribution in [0.4, 0.5) is 17.1 Å². The lowest BCUT2D eigenvalue weighted by atomic mass is 10.2. The molecule has 1 N–H and O–H groups in total. The third kappa shape index (κ3) is 5.23. The first-order valence-corrected chi connectivity index (χ1v) is 11.2. The largest absolute Gasteiger partial charge is 0.493 e. The number of benzene rings is 3. The van der Waals surface area contributed by atoms with Crippen LogP contribution in [0.1, 0.15) is 6.42 Å². The van der Waals surface area contributed by atoms with E-state index in [-0.39, 0.29) is 13.0 Å². The maximum atomic E-state index is 12.4. The van der Waals surface area contributed by atoms with Crippen LogP contribution in [-0.2, 0) is 14.3 Å². The van der Waals surface area contributed by atoms with Gasteiger partial charge in [-0.3, -0.25) is 9.59 Å². The Bertz CT molecular complexity index is 1120. The van der Waals surface area contributed by atoms with Gasteiger partial charge in [-0.05, 0) is 36.4 Å². The summed E-state index contributed by atoms with van der Waals surface area (Å²) in [5.74, 6) is 0.181. The summed E-state index contributed by atoms with van der Waals surface area (Å²) in [4.78, 5) is 29.0. The summed E-state index contributed by atoms with van der Waals surface area (Å²) >= 11 is 1.71. The molecule has 1 heterocycles. The first-order chi connectivity index (χ1) is 16.1. The number of ether oxygens (including phenoxy) is 3. The molecule has 0 aromatic heterocycles. The van der Waals surface area contributed by atoms with Crippen molar-refractivity contribution < 1.29 is 23.8 Å². The number of nitrogens with zero attached hydrogens (tertiary/aromatic N) is 1. The zero-order valence-electron chi connectivity index (χ0n) is 18.4. The number of fused-ring (bicyclic) bond motifs is 2. The molecule has 7 nitrogen and oxygen atoms in total. The number of methoxy groups -OCH3 is 2. The van der Waals surface area contributed by atoms with Crippen LogP contribution < -0.4 is 19.7 Å². The Kier molecular flexibility index (Phi) is 7.04. The monoisotopic (exact) mass is 464 g/mol. The molecule has 33 heavy (non-hydrogen) atoms. The molecule has 170 valence electrons. The van der Waals surface area contributed by atoms with Crippen LogP contribution >= 0.6 is 11.8 Å². The van der Waals surface area contributed by atoms with Crippen molar-refractivity contribution in [2.75, 3.05) is 37.6 Å². The van der Waals surface area contributed by atoms with Crippen molar-refractivity contribution >= 4 is 40.7 Å². The van der Waals surface area contributed by atoms with Gasteiger partial charge in [0, 0.05) is 28.1 Å². The van der Waals surface area contributed by atoms with Crippen molar-refractivity contribution in [3.8, 4) is 11.5 Å². The summed E-state index contributed by atoms with van der Waals surface area (Å²) in [6.45, 7) is 0.0842. The molecule has 3 aromatic rings. The number of hydrogen-bond acceptors (Lipinski definition) is 7. The van der Waals surface area contributed by atoms with Gasteiger partial charge in [0.05, 0.1) is 32.0 Å². The summed E-state index contributed by atoms with van der Waals surface area (Å²) < 4.78 is 15.6. The number of amides is 1. The summed E-state index contributed by atoms with van der Waals surface area (Å²) in [5, 5.41) is 2.69. The molecule has 1 aliphatic heterocycles. The lowest BCUT2D eigenvalue weighted by Gasteiger charge is -2.32. The van der Waals surface area contributed by atoms with Crippen LogP contribution in [0.15, 0.2) is 76.5 Å². The van der Waals surface area contributed by atoms with Gasteiger partial charge in [-0.2, -0.15) is 0 Å². The smallest absolute Gasteiger partial charge is 0.308 e. The van der Waals surface area contributed by atoms with E-state index >= 15 is 0 Å². The van der Waals surface area contributed by atoms with E-state index in [1.54, 1.807) is 30.0 Å². The summed E-state index contributed by atoms with van der Waals surface area (Å²) in [5.41, 5.74) is 2.63. The predicted octanol–water partition coefficient (Wildman–Crippen LogP) is 4.88. The van der Waals surface area contributed by atoms with E-state index in [0.717, 1.165) is 21.2 Å². The molecule has 1 aliphatic rings. The van der Waals surface area contributed by atoms with Crippen molar-refractivity contribution in [1.82, 2.24) is 0 Å². The minimum atomic E-state index is -0.439. The Morgan fingerprint density at radius 1 is 0.879 bits per heavy atom. The van der Waals surface area contributed by atoms with E-state index in [1.165, 1.54) is 14.2 Å². The SMILES string of the molecule is COc1ccc(NC(=O)COC(=O)CCN2c3ccccc3Sc3ccccc32)cc1OC. The number of carbonyl (C=O) groups is 2. The van der Waals surface area contributed by atoms with Gasteiger partial charge in [0.2, 0.25) is 0 Å². The molecule has 0 radical (unpaired) electrons. The molecule has 0 saturated carbocycles. The first kappa shape index (κ1) is 22.5. The van der Waals surface area contributed by atoms with Crippen LogP contribution in [0, 0.1) is 0 Å². The molecule has 0 spiro atoms. The third-order valence-electron chi connectivity index (χ3n) is 5.10. The Balaban J connectivity index is 1.33. The lowest BCUT2D eigenvalue weighted by molar-refractivity contribution is -0.147. The topological polar surface area (TPSA) is 77.1 Å². The van der Waals surface area contributed by atoms with Gasteiger partial charge in [-0.1, -0.05) is 36.0 Å². The average molecular weight is 465 g/mol. The molecule has 1 amide bonds. The van der Waals surface area contributed by atoms with Crippen molar-refractivity contribution in [3.63, 3.8) is 0 Å². The van der Waals surface area contributed by atoms with Gasteiger partial charge in [-0.15, -0.1) is 0 Å². The second kappa shape index (κ2) is 10.3. The highest BCUT2D eigenvalue weighted by atomic mass is 32.2. The van der Waals surface area contributed by atoms with E-state index in [0.29, 0.717) is 23.7 Å². The number of rotatable bonds is 8. The van der Waals surface area contributed by atoms with E-state index < -0.39 is 11.9 Å².